The quantitative estimate of drug-likeness (QED) is 0.350. The van der Waals surface area contributed by atoms with E-state index < -0.39 is 20.4 Å². The van der Waals surface area contributed by atoms with Crippen LogP contribution >= 0.6 is 0 Å². The summed E-state index contributed by atoms with van der Waals surface area (Å²) in [7, 11) is -3.38. The van der Waals surface area contributed by atoms with Gasteiger partial charge in [-0.2, -0.15) is 4.98 Å². The maximum atomic E-state index is 11.9. The van der Waals surface area contributed by atoms with Crippen molar-refractivity contribution in [2.24, 2.45) is 5.92 Å². The molecular weight excluding hydrogens is 428 g/mol. The Morgan fingerprint density at radius 1 is 1.23 bits per heavy atom. The normalized spacial score (nSPS) is 14.8. The van der Waals surface area contributed by atoms with Crippen molar-refractivity contribution >= 4 is 27.3 Å². The van der Waals surface area contributed by atoms with Crippen LogP contribution in [0.25, 0.3) is 0 Å². The molecule has 1 fully saturated rings. The lowest BCUT2D eigenvalue weighted by Crippen LogP contribution is -2.37. The van der Waals surface area contributed by atoms with Crippen molar-refractivity contribution in [1.29, 1.82) is 0 Å². The second kappa shape index (κ2) is 9.25. The first-order valence-electron chi connectivity index (χ1n) is 9.59. The summed E-state index contributed by atoms with van der Waals surface area (Å²) in [5.74, 6) is -0.470. The van der Waals surface area contributed by atoms with Crippen molar-refractivity contribution in [3.05, 3.63) is 40.7 Å². The molecule has 31 heavy (non-hydrogen) atoms. The highest BCUT2D eigenvalue weighted by Gasteiger charge is 2.33. The van der Waals surface area contributed by atoms with Crippen LogP contribution in [0.5, 0.6) is 11.6 Å². The topological polar surface area (TPSA) is 142 Å². The zero-order valence-corrected chi connectivity index (χ0v) is 17.9. The number of rotatable bonds is 7. The lowest BCUT2D eigenvalue weighted by atomic mass is 9.97. The third-order valence-corrected chi connectivity index (χ3v) is 5.96. The average molecular weight is 450 g/mol. The summed E-state index contributed by atoms with van der Waals surface area (Å²) < 4.78 is 33.8. The molecule has 1 aromatic carbocycles. The fraction of sp³-hybridized carbons (Fsp3) is 0.421. The molecule has 0 amide bonds. The number of ether oxygens (including phenoxy) is 2. The summed E-state index contributed by atoms with van der Waals surface area (Å²) in [5, 5.41) is 11.8. The standard InChI is InChI=1S/C19H22N4O7S/c1-3-29-19(24)13-8-10-22(11-9-13)17-16(23(25)26)18(21-12-20-17)30-14-4-6-15(7-5-14)31(2,27)28/h4-7,12-13H,3,8-11H2,1-2H3. The number of nitrogens with zero attached hydrogens (tertiary/aromatic N) is 4. The van der Waals surface area contributed by atoms with Gasteiger partial charge >= 0.3 is 17.5 Å². The summed E-state index contributed by atoms with van der Waals surface area (Å²) in [6.45, 7) is 2.84. The Balaban J connectivity index is 1.82. The average Bonchev–Trinajstić information content (AvgIpc) is 2.73. The Kier molecular flexibility index (Phi) is 6.68. The van der Waals surface area contributed by atoms with Crippen LogP contribution in [0.2, 0.25) is 0 Å². The van der Waals surface area contributed by atoms with Gasteiger partial charge in [-0.1, -0.05) is 0 Å². The van der Waals surface area contributed by atoms with Crippen LogP contribution in [0, 0.1) is 16.0 Å². The summed E-state index contributed by atoms with van der Waals surface area (Å²) in [5.41, 5.74) is -0.399. The zero-order chi connectivity index (χ0) is 22.6. The first kappa shape index (κ1) is 22.4. The molecule has 3 rings (SSSR count). The van der Waals surface area contributed by atoms with Crippen LogP contribution < -0.4 is 9.64 Å². The van der Waals surface area contributed by atoms with Gasteiger partial charge in [0.1, 0.15) is 12.1 Å². The van der Waals surface area contributed by atoms with Crippen molar-refractivity contribution in [2.75, 3.05) is 30.9 Å². The van der Waals surface area contributed by atoms with E-state index in [4.69, 9.17) is 9.47 Å². The monoisotopic (exact) mass is 450 g/mol. The Labute approximate surface area is 179 Å². The molecule has 0 bridgehead atoms. The smallest absolute Gasteiger partial charge is 0.373 e. The first-order chi connectivity index (χ1) is 14.7. The number of hydrogen-bond donors (Lipinski definition) is 0. The first-order valence-corrected chi connectivity index (χ1v) is 11.5. The van der Waals surface area contributed by atoms with Crippen LogP contribution in [0.3, 0.4) is 0 Å². The summed E-state index contributed by atoms with van der Waals surface area (Å²) in [4.78, 5) is 32.9. The van der Waals surface area contributed by atoms with Crippen LogP contribution in [-0.2, 0) is 19.4 Å². The molecule has 0 unspecified atom stereocenters. The van der Waals surface area contributed by atoms with Gasteiger partial charge in [0.05, 0.1) is 22.3 Å². The molecule has 166 valence electrons. The minimum absolute atomic E-state index is 0.0993. The number of sulfone groups is 1. The number of carbonyl (C=O) groups is 1. The van der Waals surface area contributed by atoms with Crippen molar-refractivity contribution < 1.29 is 27.6 Å². The van der Waals surface area contributed by atoms with Gasteiger partial charge in [-0.25, -0.2) is 13.4 Å². The molecule has 2 aromatic rings. The number of piperidine rings is 1. The summed E-state index contributed by atoms with van der Waals surface area (Å²) >= 11 is 0. The van der Waals surface area contributed by atoms with Crippen LogP contribution in [-0.4, -0.2) is 55.2 Å². The number of nitro groups is 1. The highest BCUT2D eigenvalue weighted by atomic mass is 32.2. The minimum Gasteiger partial charge on any atom is -0.466 e. The molecule has 12 heteroatoms. The van der Waals surface area contributed by atoms with Crippen molar-refractivity contribution in [3.8, 4) is 11.6 Å². The second-order valence-electron chi connectivity index (χ2n) is 6.97. The molecule has 1 aliphatic rings. The summed E-state index contributed by atoms with van der Waals surface area (Å²) in [6.07, 6.45) is 3.22. The Bertz CT molecular complexity index is 1070. The van der Waals surface area contributed by atoms with E-state index in [1.807, 2.05) is 0 Å². The van der Waals surface area contributed by atoms with Crippen molar-refractivity contribution in [1.82, 2.24) is 9.97 Å². The molecule has 0 saturated carbocycles. The molecule has 0 atom stereocenters. The van der Waals surface area contributed by atoms with E-state index in [0.29, 0.717) is 32.5 Å². The number of aromatic nitrogens is 2. The zero-order valence-electron chi connectivity index (χ0n) is 17.1. The Morgan fingerprint density at radius 3 is 2.42 bits per heavy atom. The molecular formula is C19H22N4O7S. The van der Waals surface area contributed by atoms with Gasteiger partial charge in [0.2, 0.25) is 5.82 Å². The van der Waals surface area contributed by atoms with Gasteiger partial charge in [0.25, 0.3) is 0 Å². The highest BCUT2D eigenvalue weighted by molar-refractivity contribution is 7.90. The third kappa shape index (κ3) is 5.26. The summed E-state index contributed by atoms with van der Waals surface area (Å²) in [6, 6.07) is 5.48. The number of benzene rings is 1. The number of hydrogen-bond acceptors (Lipinski definition) is 10. The maximum Gasteiger partial charge on any atom is 0.373 e. The van der Waals surface area contributed by atoms with E-state index in [2.05, 4.69) is 9.97 Å². The predicted molar refractivity (Wildman–Crippen MR) is 110 cm³/mol. The molecule has 0 radical (unpaired) electrons. The van der Waals surface area contributed by atoms with E-state index in [1.54, 1.807) is 11.8 Å². The molecule has 11 nitrogen and oxygen atoms in total. The van der Waals surface area contributed by atoms with E-state index >= 15 is 0 Å². The number of anilines is 1. The van der Waals surface area contributed by atoms with Crippen molar-refractivity contribution in [3.63, 3.8) is 0 Å². The Morgan fingerprint density at radius 2 is 1.87 bits per heavy atom. The van der Waals surface area contributed by atoms with E-state index in [-0.39, 0.29) is 34.2 Å². The lowest BCUT2D eigenvalue weighted by molar-refractivity contribution is -0.385. The van der Waals surface area contributed by atoms with Gasteiger partial charge in [-0.05, 0) is 44.0 Å². The van der Waals surface area contributed by atoms with Crippen LogP contribution in [0.1, 0.15) is 19.8 Å². The molecule has 0 spiro atoms. The fourth-order valence-electron chi connectivity index (χ4n) is 3.27. The Hall–Kier alpha value is -3.28. The number of esters is 1. The van der Waals surface area contributed by atoms with E-state index in [0.717, 1.165) is 6.26 Å². The van der Waals surface area contributed by atoms with Gasteiger partial charge in [-0.3, -0.25) is 14.9 Å². The maximum absolute atomic E-state index is 11.9. The van der Waals surface area contributed by atoms with Crippen molar-refractivity contribution in [2.45, 2.75) is 24.7 Å². The largest absolute Gasteiger partial charge is 0.466 e. The molecule has 1 aliphatic heterocycles. The second-order valence-corrected chi connectivity index (χ2v) is 8.98. The molecule has 2 heterocycles. The highest BCUT2D eigenvalue weighted by Crippen LogP contribution is 2.37. The predicted octanol–water partition coefficient (Wildman–Crippen LogP) is 2.36. The van der Waals surface area contributed by atoms with Crippen LogP contribution in [0.15, 0.2) is 35.5 Å². The van der Waals surface area contributed by atoms with E-state index in [1.165, 1.54) is 30.6 Å². The lowest BCUT2D eigenvalue weighted by Gasteiger charge is -2.31. The van der Waals surface area contributed by atoms with Gasteiger partial charge in [-0.15, -0.1) is 0 Å². The number of carbonyl (C=O) groups excluding carboxylic acids is 1. The fourth-order valence-corrected chi connectivity index (χ4v) is 3.90. The minimum atomic E-state index is -3.38. The van der Waals surface area contributed by atoms with E-state index in [9.17, 15) is 23.3 Å². The van der Waals surface area contributed by atoms with Gasteiger partial charge in [0.15, 0.2) is 9.84 Å². The van der Waals surface area contributed by atoms with Gasteiger partial charge < -0.3 is 14.4 Å². The molecule has 1 saturated heterocycles. The third-order valence-electron chi connectivity index (χ3n) is 4.83. The molecule has 1 aromatic heterocycles. The molecule has 0 N–H and O–H groups in total. The molecule has 0 aliphatic carbocycles. The SMILES string of the molecule is CCOC(=O)C1CCN(c2ncnc(Oc3ccc(S(C)(=O)=O)cc3)c2[N+](=O)[O-])CC1. The van der Waals surface area contributed by atoms with Gasteiger partial charge in [0, 0.05) is 19.3 Å². The van der Waals surface area contributed by atoms with Crippen LogP contribution in [0.4, 0.5) is 11.5 Å².